The van der Waals surface area contributed by atoms with E-state index < -0.39 is 10.0 Å². The minimum absolute atomic E-state index is 0.172. The van der Waals surface area contributed by atoms with Gasteiger partial charge in [-0.25, -0.2) is 13.6 Å². The van der Waals surface area contributed by atoms with Crippen LogP contribution < -0.4 is 5.14 Å². The van der Waals surface area contributed by atoms with Crippen molar-refractivity contribution in [3.8, 4) is 0 Å². The summed E-state index contributed by atoms with van der Waals surface area (Å²) in [6.45, 7) is 3.77. The minimum atomic E-state index is -3.54. The molecule has 0 spiro atoms. The zero-order chi connectivity index (χ0) is 9.35. The summed E-state index contributed by atoms with van der Waals surface area (Å²) in [6.07, 6.45) is 0. The number of hydrogen-bond donors (Lipinski definition) is 1. The van der Waals surface area contributed by atoms with Crippen molar-refractivity contribution in [1.29, 1.82) is 0 Å². The number of nitrogens with two attached hydrogens (primary N) is 1. The topological polar surface area (TPSA) is 60.2 Å². The summed E-state index contributed by atoms with van der Waals surface area (Å²) in [7, 11) is -3.54. The predicted octanol–water partition coefficient (Wildman–Crippen LogP) is 0.951. The highest BCUT2D eigenvalue weighted by molar-refractivity contribution is 7.89. The third-order valence-corrected chi connectivity index (χ3v) is 2.72. The van der Waals surface area contributed by atoms with Gasteiger partial charge in [0.2, 0.25) is 10.0 Å². The Labute approximate surface area is 72.3 Å². The molecule has 0 bridgehead atoms. The number of aryl methyl sites for hydroxylation is 2. The first-order chi connectivity index (χ1) is 5.41. The van der Waals surface area contributed by atoms with Crippen molar-refractivity contribution in [3.05, 3.63) is 29.3 Å². The maximum absolute atomic E-state index is 10.9. The normalized spacial score (nSPS) is 11.6. The molecule has 3 nitrogen and oxygen atoms in total. The van der Waals surface area contributed by atoms with E-state index in [2.05, 4.69) is 0 Å². The molecule has 12 heavy (non-hydrogen) atoms. The summed E-state index contributed by atoms with van der Waals surface area (Å²) in [5.74, 6) is 0. The lowest BCUT2D eigenvalue weighted by Crippen LogP contribution is -2.12. The first-order valence-electron chi connectivity index (χ1n) is 3.51. The van der Waals surface area contributed by atoms with Gasteiger partial charge in [0.05, 0.1) is 4.90 Å². The molecule has 0 aliphatic heterocycles. The largest absolute Gasteiger partial charge is 0.238 e. The van der Waals surface area contributed by atoms with E-state index in [4.69, 9.17) is 5.14 Å². The molecule has 1 aromatic rings. The summed E-state index contributed by atoms with van der Waals surface area (Å²) < 4.78 is 21.7. The van der Waals surface area contributed by atoms with Crippen molar-refractivity contribution in [1.82, 2.24) is 0 Å². The van der Waals surface area contributed by atoms with Gasteiger partial charge in [-0.05, 0) is 37.1 Å². The second-order valence-electron chi connectivity index (χ2n) is 2.79. The van der Waals surface area contributed by atoms with Crippen molar-refractivity contribution >= 4 is 10.0 Å². The number of benzene rings is 1. The Morgan fingerprint density at radius 2 is 1.75 bits per heavy atom. The van der Waals surface area contributed by atoms with E-state index in [9.17, 15) is 8.42 Å². The van der Waals surface area contributed by atoms with Crippen LogP contribution in [-0.2, 0) is 10.0 Å². The first kappa shape index (κ1) is 9.22. The molecule has 0 aliphatic rings. The number of rotatable bonds is 1. The average molecular weight is 185 g/mol. The van der Waals surface area contributed by atoms with Gasteiger partial charge in [-0.2, -0.15) is 0 Å². The third kappa shape index (κ3) is 1.84. The van der Waals surface area contributed by atoms with Crippen molar-refractivity contribution in [2.75, 3.05) is 0 Å². The Hall–Kier alpha value is -0.870. The molecule has 1 aromatic carbocycles. The second kappa shape index (κ2) is 2.88. The van der Waals surface area contributed by atoms with Gasteiger partial charge in [0, 0.05) is 0 Å². The first-order valence-corrected chi connectivity index (χ1v) is 5.06. The molecule has 0 atom stereocenters. The molecule has 2 N–H and O–H groups in total. The Balaban J connectivity index is 3.33. The van der Waals surface area contributed by atoms with Gasteiger partial charge >= 0.3 is 0 Å². The maximum Gasteiger partial charge on any atom is 0.238 e. The Kier molecular flexibility index (Phi) is 2.21. The van der Waals surface area contributed by atoms with Gasteiger partial charge in [0.25, 0.3) is 0 Å². The quantitative estimate of drug-likeness (QED) is 0.708. The Morgan fingerprint density at radius 1 is 1.17 bits per heavy atom. The molecule has 0 amide bonds. The van der Waals surface area contributed by atoms with Gasteiger partial charge in [0.1, 0.15) is 0 Å². The van der Waals surface area contributed by atoms with Crippen LogP contribution in [-0.4, -0.2) is 8.42 Å². The van der Waals surface area contributed by atoms with Gasteiger partial charge in [0.15, 0.2) is 0 Å². The lowest BCUT2D eigenvalue weighted by Gasteiger charge is -2.01. The SMILES string of the molecule is Cc1ccc(S(N)(=O)=O)cc1C. The Morgan fingerprint density at radius 3 is 2.17 bits per heavy atom. The van der Waals surface area contributed by atoms with Crippen LogP contribution >= 0.6 is 0 Å². The summed E-state index contributed by atoms with van der Waals surface area (Å²) >= 11 is 0. The van der Waals surface area contributed by atoms with Crippen LogP contribution in [0.1, 0.15) is 11.1 Å². The standard InChI is InChI=1S/C8H11NO2S/c1-6-3-4-8(5-7(6)2)12(9,10)11/h3-5H,1-2H3,(H2,9,10,11). The molecule has 66 valence electrons. The van der Waals surface area contributed by atoms with Gasteiger partial charge in [-0.15, -0.1) is 0 Å². The van der Waals surface area contributed by atoms with Gasteiger partial charge < -0.3 is 0 Å². The van der Waals surface area contributed by atoms with Crippen LogP contribution in [0.4, 0.5) is 0 Å². The number of hydrogen-bond acceptors (Lipinski definition) is 2. The molecule has 0 fully saturated rings. The van der Waals surface area contributed by atoms with Crippen molar-refractivity contribution in [2.45, 2.75) is 18.7 Å². The van der Waals surface area contributed by atoms with Crippen LogP contribution in [0.15, 0.2) is 23.1 Å². The zero-order valence-electron chi connectivity index (χ0n) is 7.03. The fourth-order valence-corrected chi connectivity index (χ4v) is 1.49. The number of primary sulfonamides is 1. The predicted molar refractivity (Wildman–Crippen MR) is 47.3 cm³/mol. The molecule has 4 heteroatoms. The van der Waals surface area contributed by atoms with E-state index in [0.717, 1.165) is 11.1 Å². The fraction of sp³-hybridized carbons (Fsp3) is 0.250. The summed E-state index contributed by atoms with van der Waals surface area (Å²) in [4.78, 5) is 0.172. The molecule has 0 aliphatic carbocycles. The molecule has 0 unspecified atom stereocenters. The molecular weight excluding hydrogens is 174 g/mol. The Bertz CT molecular complexity index is 396. The summed E-state index contributed by atoms with van der Waals surface area (Å²) in [6, 6.07) is 4.83. The van der Waals surface area contributed by atoms with E-state index in [1.807, 2.05) is 13.8 Å². The fourth-order valence-electron chi connectivity index (χ4n) is 0.891. The van der Waals surface area contributed by atoms with Crippen LogP contribution in [0.2, 0.25) is 0 Å². The third-order valence-electron chi connectivity index (χ3n) is 1.81. The van der Waals surface area contributed by atoms with Crippen LogP contribution in [0.5, 0.6) is 0 Å². The van der Waals surface area contributed by atoms with Gasteiger partial charge in [-0.3, -0.25) is 0 Å². The lowest BCUT2D eigenvalue weighted by molar-refractivity contribution is 0.597. The highest BCUT2D eigenvalue weighted by atomic mass is 32.2. The van der Waals surface area contributed by atoms with E-state index in [0.29, 0.717) is 0 Å². The zero-order valence-corrected chi connectivity index (χ0v) is 7.85. The van der Waals surface area contributed by atoms with E-state index in [1.165, 1.54) is 6.07 Å². The summed E-state index contributed by atoms with van der Waals surface area (Å²) in [5, 5.41) is 4.95. The van der Waals surface area contributed by atoms with Crippen molar-refractivity contribution < 1.29 is 8.42 Å². The second-order valence-corrected chi connectivity index (χ2v) is 4.35. The van der Waals surface area contributed by atoms with E-state index >= 15 is 0 Å². The highest BCUT2D eigenvalue weighted by Crippen LogP contribution is 2.12. The van der Waals surface area contributed by atoms with Crippen molar-refractivity contribution in [2.24, 2.45) is 5.14 Å². The summed E-state index contributed by atoms with van der Waals surface area (Å²) in [5.41, 5.74) is 1.99. The minimum Gasteiger partial charge on any atom is -0.225 e. The van der Waals surface area contributed by atoms with Gasteiger partial charge in [-0.1, -0.05) is 6.07 Å². The molecule has 0 radical (unpaired) electrons. The van der Waals surface area contributed by atoms with Crippen LogP contribution in [0, 0.1) is 13.8 Å². The molecular formula is C8H11NO2S. The van der Waals surface area contributed by atoms with Crippen molar-refractivity contribution in [3.63, 3.8) is 0 Å². The molecule has 0 aromatic heterocycles. The lowest BCUT2D eigenvalue weighted by atomic mass is 10.1. The average Bonchev–Trinajstić information content (AvgIpc) is 1.92. The number of sulfonamides is 1. The molecule has 0 heterocycles. The van der Waals surface area contributed by atoms with Crippen LogP contribution in [0.3, 0.4) is 0 Å². The monoisotopic (exact) mass is 185 g/mol. The van der Waals surface area contributed by atoms with E-state index in [-0.39, 0.29) is 4.90 Å². The van der Waals surface area contributed by atoms with Crippen LogP contribution in [0.25, 0.3) is 0 Å². The molecule has 1 rings (SSSR count). The molecule has 0 saturated heterocycles. The smallest absolute Gasteiger partial charge is 0.225 e. The molecule has 0 saturated carbocycles. The van der Waals surface area contributed by atoms with E-state index in [1.54, 1.807) is 12.1 Å². The highest BCUT2D eigenvalue weighted by Gasteiger charge is 2.07. The maximum atomic E-state index is 10.9.